The van der Waals surface area contributed by atoms with Gasteiger partial charge in [-0.2, -0.15) is 0 Å². The van der Waals surface area contributed by atoms with E-state index in [1.807, 2.05) is 55.6 Å². The highest BCUT2D eigenvalue weighted by atomic mass is 35.5. The first kappa shape index (κ1) is 20.2. The lowest BCUT2D eigenvalue weighted by atomic mass is 9.97. The van der Waals surface area contributed by atoms with Gasteiger partial charge in [-0.1, -0.05) is 41.9 Å². The first-order valence-electron chi connectivity index (χ1n) is 9.20. The number of aromatic nitrogens is 1. The highest BCUT2D eigenvalue weighted by Gasteiger charge is 2.12. The van der Waals surface area contributed by atoms with Crippen LogP contribution in [0, 0.1) is 6.92 Å². The zero-order chi connectivity index (χ0) is 21.3. The molecule has 1 heterocycles. The Labute approximate surface area is 180 Å². The van der Waals surface area contributed by atoms with E-state index >= 15 is 0 Å². The fraction of sp³-hybridized carbons (Fsp3) is 0.0870. The Hall–Kier alpha value is -3.09. The van der Waals surface area contributed by atoms with Crippen LogP contribution in [0.2, 0.25) is 5.02 Å². The molecule has 7 heteroatoms. The molecular formula is C23H19ClN2O3S. The van der Waals surface area contributed by atoms with E-state index < -0.39 is 10.0 Å². The van der Waals surface area contributed by atoms with Gasteiger partial charge in [0.1, 0.15) is 11.5 Å². The molecule has 0 aliphatic rings. The Morgan fingerprint density at radius 1 is 0.967 bits per heavy atom. The summed E-state index contributed by atoms with van der Waals surface area (Å²) >= 11 is 6.33. The van der Waals surface area contributed by atoms with Crippen LogP contribution in [0.5, 0.6) is 11.5 Å². The number of aryl methyl sites for hydroxylation is 1. The van der Waals surface area contributed by atoms with Crippen molar-refractivity contribution in [2.45, 2.75) is 6.92 Å². The molecule has 4 rings (SSSR count). The van der Waals surface area contributed by atoms with Crippen molar-refractivity contribution in [3.05, 3.63) is 83.5 Å². The van der Waals surface area contributed by atoms with Crippen LogP contribution in [0.3, 0.4) is 0 Å². The third kappa shape index (κ3) is 4.40. The molecule has 0 spiro atoms. The lowest BCUT2D eigenvalue weighted by Gasteiger charge is -2.13. The lowest BCUT2D eigenvalue weighted by molar-refractivity contribution is 0.483. The highest BCUT2D eigenvalue weighted by molar-refractivity contribution is 7.92. The molecule has 3 aromatic carbocycles. The van der Waals surface area contributed by atoms with Gasteiger partial charge in [-0.25, -0.2) is 8.42 Å². The topological polar surface area (TPSA) is 68.3 Å². The van der Waals surface area contributed by atoms with Gasteiger partial charge in [0.2, 0.25) is 10.0 Å². The van der Waals surface area contributed by atoms with Crippen molar-refractivity contribution in [1.82, 2.24) is 4.98 Å². The molecule has 0 aliphatic heterocycles. The van der Waals surface area contributed by atoms with E-state index in [4.69, 9.17) is 16.3 Å². The minimum absolute atomic E-state index is 0.441. The number of anilines is 1. The van der Waals surface area contributed by atoms with Crippen LogP contribution in [0.25, 0.3) is 22.0 Å². The Bertz CT molecular complexity index is 1350. The number of hydrogen-bond acceptors (Lipinski definition) is 4. The second-order valence-corrected chi connectivity index (χ2v) is 9.14. The predicted octanol–water partition coefficient (Wildman–Crippen LogP) is 6.03. The van der Waals surface area contributed by atoms with Crippen LogP contribution >= 0.6 is 11.6 Å². The van der Waals surface area contributed by atoms with Crippen molar-refractivity contribution in [1.29, 1.82) is 0 Å². The first-order chi connectivity index (χ1) is 14.3. The van der Waals surface area contributed by atoms with Gasteiger partial charge >= 0.3 is 0 Å². The van der Waals surface area contributed by atoms with E-state index in [0.717, 1.165) is 33.8 Å². The number of fused-ring (bicyclic) bond motifs is 1. The molecular weight excluding hydrogens is 420 g/mol. The zero-order valence-electron chi connectivity index (χ0n) is 16.4. The van der Waals surface area contributed by atoms with E-state index in [2.05, 4.69) is 9.71 Å². The summed E-state index contributed by atoms with van der Waals surface area (Å²) in [4.78, 5) is 4.48. The summed E-state index contributed by atoms with van der Waals surface area (Å²) in [5.74, 6) is 1.16. The minimum Gasteiger partial charge on any atom is -0.457 e. The number of benzene rings is 3. The molecule has 0 bridgehead atoms. The highest BCUT2D eigenvalue weighted by Crippen LogP contribution is 2.35. The molecule has 0 unspecified atom stereocenters. The monoisotopic (exact) mass is 438 g/mol. The molecule has 4 aromatic rings. The Kier molecular flexibility index (Phi) is 5.37. The van der Waals surface area contributed by atoms with Gasteiger partial charge in [-0.3, -0.25) is 9.71 Å². The van der Waals surface area contributed by atoms with Gasteiger partial charge in [0, 0.05) is 17.6 Å². The molecule has 1 N–H and O–H groups in total. The molecule has 0 fully saturated rings. The third-order valence-electron chi connectivity index (χ3n) is 4.53. The van der Waals surface area contributed by atoms with Crippen LogP contribution in [0.4, 0.5) is 5.69 Å². The van der Waals surface area contributed by atoms with E-state index in [0.29, 0.717) is 22.2 Å². The smallest absolute Gasteiger partial charge is 0.229 e. The number of rotatable bonds is 5. The van der Waals surface area contributed by atoms with Crippen molar-refractivity contribution >= 4 is 38.2 Å². The SMILES string of the molecule is Cc1cnc2c(Cl)cccc2c1-c1cccc(Oc2cccc(NS(C)(=O)=O)c2)c1. The molecule has 0 saturated carbocycles. The van der Waals surface area contributed by atoms with Crippen molar-refractivity contribution in [3.63, 3.8) is 0 Å². The van der Waals surface area contributed by atoms with E-state index in [-0.39, 0.29) is 0 Å². The standard InChI is InChI=1S/C23H19ClN2O3S/c1-15-14-25-23-20(10-5-11-21(23)24)22(15)16-6-3-8-18(12-16)29-19-9-4-7-17(13-19)26-30(2,27)28/h3-14,26H,1-2H3. The van der Waals surface area contributed by atoms with Crippen molar-refractivity contribution in [2.75, 3.05) is 11.0 Å². The molecule has 0 atom stereocenters. The van der Waals surface area contributed by atoms with Crippen molar-refractivity contribution in [2.24, 2.45) is 0 Å². The molecule has 152 valence electrons. The summed E-state index contributed by atoms with van der Waals surface area (Å²) in [5.41, 5.74) is 4.24. The second kappa shape index (κ2) is 7.97. The predicted molar refractivity (Wildman–Crippen MR) is 122 cm³/mol. The van der Waals surface area contributed by atoms with Crippen LogP contribution < -0.4 is 9.46 Å². The average molecular weight is 439 g/mol. The molecule has 0 radical (unpaired) electrons. The van der Waals surface area contributed by atoms with Crippen LogP contribution in [-0.4, -0.2) is 19.7 Å². The fourth-order valence-corrected chi connectivity index (χ4v) is 4.14. The number of pyridine rings is 1. The Morgan fingerprint density at radius 2 is 1.67 bits per heavy atom. The first-order valence-corrected chi connectivity index (χ1v) is 11.5. The molecule has 1 aromatic heterocycles. The summed E-state index contributed by atoms with van der Waals surface area (Å²) in [7, 11) is -3.36. The molecule has 5 nitrogen and oxygen atoms in total. The van der Waals surface area contributed by atoms with Gasteiger partial charge < -0.3 is 4.74 Å². The number of hydrogen-bond donors (Lipinski definition) is 1. The largest absolute Gasteiger partial charge is 0.457 e. The van der Waals surface area contributed by atoms with Gasteiger partial charge in [0.05, 0.1) is 22.5 Å². The number of ether oxygens (including phenoxy) is 1. The maximum absolute atomic E-state index is 11.5. The third-order valence-corrected chi connectivity index (χ3v) is 5.44. The summed E-state index contributed by atoms with van der Waals surface area (Å²) < 4.78 is 31.4. The maximum Gasteiger partial charge on any atom is 0.229 e. The number of nitrogens with zero attached hydrogens (tertiary/aromatic N) is 1. The number of para-hydroxylation sites is 1. The van der Waals surface area contributed by atoms with Crippen molar-refractivity contribution in [3.8, 4) is 22.6 Å². The average Bonchev–Trinajstić information content (AvgIpc) is 2.67. The van der Waals surface area contributed by atoms with Crippen molar-refractivity contribution < 1.29 is 13.2 Å². The minimum atomic E-state index is -3.36. The fourth-order valence-electron chi connectivity index (χ4n) is 3.36. The summed E-state index contributed by atoms with van der Waals surface area (Å²) in [6, 6.07) is 20.3. The van der Waals surface area contributed by atoms with Gasteiger partial charge in [-0.15, -0.1) is 0 Å². The molecule has 0 aliphatic carbocycles. The number of sulfonamides is 1. The van der Waals surface area contributed by atoms with E-state index in [9.17, 15) is 8.42 Å². The summed E-state index contributed by atoms with van der Waals surface area (Å²) in [6.07, 6.45) is 2.93. The van der Waals surface area contributed by atoms with Crippen LogP contribution in [-0.2, 0) is 10.0 Å². The van der Waals surface area contributed by atoms with Gasteiger partial charge in [-0.05, 0) is 53.9 Å². The van der Waals surface area contributed by atoms with Gasteiger partial charge in [0.15, 0.2) is 0 Å². The molecule has 0 saturated heterocycles. The molecule has 0 amide bonds. The molecule has 30 heavy (non-hydrogen) atoms. The lowest BCUT2D eigenvalue weighted by Crippen LogP contribution is -2.09. The van der Waals surface area contributed by atoms with E-state index in [1.165, 1.54) is 0 Å². The maximum atomic E-state index is 11.5. The van der Waals surface area contributed by atoms with Crippen LogP contribution in [0.1, 0.15) is 5.56 Å². The summed E-state index contributed by atoms with van der Waals surface area (Å²) in [5, 5.41) is 1.58. The normalized spacial score (nSPS) is 11.4. The quantitative estimate of drug-likeness (QED) is 0.413. The number of nitrogens with one attached hydrogen (secondary N) is 1. The van der Waals surface area contributed by atoms with E-state index in [1.54, 1.807) is 24.3 Å². The Balaban J connectivity index is 1.72. The number of halogens is 1. The Morgan fingerprint density at radius 3 is 2.43 bits per heavy atom. The second-order valence-electron chi connectivity index (χ2n) is 6.98. The van der Waals surface area contributed by atoms with Crippen LogP contribution in [0.15, 0.2) is 72.9 Å². The summed E-state index contributed by atoms with van der Waals surface area (Å²) in [6.45, 7) is 2.01. The zero-order valence-corrected chi connectivity index (χ0v) is 18.0. The van der Waals surface area contributed by atoms with Gasteiger partial charge in [0.25, 0.3) is 0 Å².